The van der Waals surface area contributed by atoms with Crippen LogP contribution in [0.1, 0.15) is 31.9 Å². The maximum atomic E-state index is 13.0. The number of phenols is 1. The summed E-state index contributed by atoms with van der Waals surface area (Å²) in [5.41, 5.74) is 1.65. The number of nitrogens with one attached hydrogen (secondary N) is 1. The third kappa shape index (κ3) is 2.72. The van der Waals surface area contributed by atoms with Crippen LogP contribution in [0.2, 0.25) is 0 Å². The second-order valence-electron chi connectivity index (χ2n) is 7.24. The second-order valence-corrected chi connectivity index (χ2v) is 8.01. The fourth-order valence-corrected chi connectivity index (χ4v) is 4.05. The van der Waals surface area contributed by atoms with Gasteiger partial charge in [-0.3, -0.25) is 4.79 Å². The Bertz CT molecular complexity index is 870. The molecule has 4 rings (SSSR count). The molecular weight excluding hydrogens is 336 g/mol. The second kappa shape index (κ2) is 5.62. The minimum atomic E-state index is -0.318. The van der Waals surface area contributed by atoms with Crippen molar-refractivity contribution >= 4 is 23.5 Å². The number of nitrogens with zero attached hydrogens (tertiary/aromatic N) is 3. The first-order valence-electron chi connectivity index (χ1n) is 8.20. The molecule has 6 nitrogen and oxygen atoms in total. The quantitative estimate of drug-likeness (QED) is 0.804. The molecule has 2 N–H and O–H groups in total. The van der Waals surface area contributed by atoms with Crippen molar-refractivity contribution in [2.24, 2.45) is 11.3 Å². The summed E-state index contributed by atoms with van der Waals surface area (Å²) in [4.78, 5) is 17.5. The van der Waals surface area contributed by atoms with E-state index in [1.807, 2.05) is 18.4 Å². The fourth-order valence-electron chi connectivity index (χ4n) is 3.70. The van der Waals surface area contributed by atoms with Crippen molar-refractivity contribution in [2.75, 3.05) is 11.6 Å². The number of aromatic hydroxyl groups is 1. The molecule has 1 aliphatic carbocycles. The monoisotopic (exact) mass is 356 g/mol. The van der Waals surface area contributed by atoms with Gasteiger partial charge in [0.2, 0.25) is 11.1 Å². The number of thioether (sulfide) groups is 1. The summed E-state index contributed by atoms with van der Waals surface area (Å²) in [5.74, 6) is 0.727. The van der Waals surface area contributed by atoms with E-state index >= 15 is 0 Å². The molecule has 0 fully saturated rings. The summed E-state index contributed by atoms with van der Waals surface area (Å²) in [5, 5.41) is 18.2. The van der Waals surface area contributed by atoms with E-state index in [2.05, 4.69) is 35.3 Å². The highest BCUT2D eigenvalue weighted by atomic mass is 32.2. The Morgan fingerprint density at radius 3 is 2.72 bits per heavy atom. The highest BCUT2D eigenvalue weighted by molar-refractivity contribution is 7.98. The van der Waals surface area contributed by atoms with Gasteiger partial charge in [-0.05, 0) is 29.4 Å². The number of hydrogen-bond acceptors (Lipinski definition) is 6. The van der Waals surface area contributed by atoms with Crippen molar-refractivity contribution in [3.8, 4) is 5.75 Å². The Kier molecular flexibility index (Phi) is 3.64. The van der Waals surface area contributed by atoms with Crippen LogP contribution in [0.3, 0.4) is 0 Å². The molecule has 0 unspecified atom stereocenters. The Balaban J connectivity index is 1.90. The van der Waals surface area contributed by atoms with E-state index in [-0.39, 0.29) is 28.9 Å². The smallest absolute Gasteiger partial charge is 0.227 e. The molecule has 130 valence electrons. The van der Waals surface area contributed by atoms with E-state index in [4.69, 9.17) is 0 Å². The maximum absolute atomic E-state index is 13.0. The average molecular weight is 356 g/mol. The summed E-state index contributed by atoms with van der Waals surface area (Å²) < 4.78 is 1.80. The highest BCUT2D eigenvalue weighted by Crippen LogP contribution is 2.45. The van der Waals surface area contributed by atoms with Gasteiger partial charge in [-0.15, -0.1) is 5.10 Å². The number of allylic oxidation sites excluding steroid dienone is 2. The van der Waals surface area contributed by atoms with E-state index < -0.39 is 0 Å². The highest BCUT2D eigenvalue weighted by Gasteiger charge is 2.45. The summed E-state index contributed by atoms with van der Waals surface area (Å²) in [6.07, 6.45) is 4.57. The van der Waals surface area contributed by atoms with Crippen molar-refractivity contribution in [2.45, 2.75) is 31.5 Å². The summed E-state index contributed by atoms with van der Waals surface area (Å²) in [6, 6.07) is 6.72. The molecule has 2 aliphatic rings. The molecule has 0 saturated heterocycles. The minimum absolute atomic E-state index is 0.181. The van der Waals surface area contributed by atoms with Crippen LogP contribution in [0.5, 0.6) is 5.75 Å². The third-order valence-electron chi connectivity index (χ3n) is 4.72. The van der Waals surface area contributed by atoms with Gasteiger partial charge in [0.05, 0.1) is 12.0 Å². The molecule has 0 amide bonds. The Labute approximate surface area is 150 Å². The lowest BCUT2D eigenvalue weighted by atomic mass is 9.72. The number of ketones is 1. The number of benzene rings is 1. The predicted octanol–water partition coefficient (Wildman–Crippen LogP) is 3.22. The van der Waals surface area contributed by atoms with Gasteiger partial charge in [0, 0.05) is 12.1 Å². The molecule has 7 heteroatoms. The summed E-state index contributed by atoms with van der Waals surface area (Å²) in [7, 11) is 0. The van der Waals surface area contributed by atoms with Crippen LogP contribution in [0.15, 0.2) is 41.2 Å². The first-order chi connectivity index (χ1) is 11.9. The Morgan fingerprint density at radius 2 is 2.04 bits per heavy atom. The lowest BCUT2D eigenvalue weighted by Gasteiger charge is -2.40. The van der Waals surface area contributed by atoms with Gasteiger partial charge >= 0.3 is 0 Å². The number of Topliss-reactive ketones (excluding diaryl/α,β-unsaturated/α-hetero) is 1. The van der Waals surface area contributed by atoms with Crippen molar-refractivity contribution in [3.63, 3.8) is 0 Å². The van der Waals surface area contributed by atoms with Crippen LogP contribution in [0.25, 0.3) is 0 Å². The number of rotatable bonds is 2. The zero-order valence-electron chi connectivity index (χ0n) is 14.4. The molecule has 1 aliphatic heterocycles. The van der Waals surface area contributed by atoms with E-state index in [0.29, 0.717) is 17.5 Å². The van der Waals surface area contributed by atoms with Gasteiger partial charge in [-0.2, -0.15) is 4.98 Å². The maximum Gasteiger partial charge on any atom is 0.227 e. The number of phenolic OH excluding ortho intramolecular Hbond substituents is 1. The van der Waals surface area contributed by atoms with Crippen LogP contribution >= 0.6 is 11.8 Å². The molecule has 0 radical (unpaired) electrons. The molecule has 0 saturated carbocycles. The zero-order valence-corrected chi connectivity index (χ0v) is 15.2. The molecule has 0 spiro atoms. The number of carbonyl (C=O) groups excluding carboxylic acids is 1. The molecule has 2 heterocycles. The molecule has 0 bridgehead atoms. The number of hydrogen-bond donors (Lipinski definition) is 2. The number of carbonyl (C=O) groups is 1. The Morgan fingerprint density at radius 1 is 1.32 bits per heavy atom. The lowest BCUT2D eigenvalue weighted by Crippen LogP contribution is -2.42. The van der Waals surface area contributed by atoms with Gasteiger partial charge < -0.3 is 10.4 Å². The summed E-state index contributed by atoms with van der Waals surface area (Å²) >= 11 is 1.47. The average Bonchev–Trinajstić information content (AvgIpc) is 2.95. The van der Waals surface area contributed by atoms with Crippen molar-refractivity contribution in [1.82, 2.24) is 14.8 Å². The van der Waals surface area contributed by atoms with Crippen LogP contribution in [-0.4, -0.2) is 31.9 Å². The standard InChI is InChI=1S/C18H20N4O2S/c1-18(2)8-12-14(13(24)9-18)15(10-4-6-11(23)7-5-10)22-16(19-12)20-17(21-22)25-3/h4-8,14-15,23H,9H2,1-3H3,(H,19,20,21)/t14-,15-/m0/s1. The Hall–Kier alpha value is -2.28. The van der Waals surface area contributed by atoms with Crippen LogP contribution in [-0.2, 0) is 4.79 Å². The number of aromatic nitrogens is 3. The SMILES string of the molecule is CSc1nc2n(n1)[C@@H](c1ccc(O)cc1)[C@@H]1C(=O)CC(C)(C)C=C1N2. The van der Waals surface area contributed by atoms with Gasteiger partial charge in [0.1, 0.15) is 11.5 Å². The first kappa shape index (κ1) is 16.2. The fraction of sp³-hybridized carbons (Fsp3) is 0.389. The van der Waals surface area contributed by atoms with Crippen LogP contribution < -0.4 is 5.32 Å². The van der Waals surface area contributed by atoms with Gasteiger partial charge in [-0.25, -0.2) is 4.68 Å². The van der Waals surface area contributed by atoms with E-state index in [1.165, 1.54) is 11.8 Å². The van der Waals surface area contributed by atoms with Crippen LogP contribution in [0.4, 0.5) is 5.95 Å². The molecule has 25 heavy (non-hydrogen) atoms. The van der Waals surface area contributed by atoms with Crippen molar-refractivity contribution < 1.29 is 9.90 Å². The molecule has 2 aromatic rings. The van der Waals surface area contributed by atoms with Crippen molar-refractivity contribution in [1.29, 1.82) is 0 Å². The predicted molar refractivity (Wildman–Crippen MR) is 96.6 cm³/mol. The normalized spacial score (nSPS) is 24.1. The topological polar surface area (TPSA) is 80.0 Å². The zero-order chi connectivity index (χ0) is 17.8. The van der Waals surface area contributed by atoms with Crippen LogP contribution in [0, 0.1) is 11.3 Å². The van der Waals surface area contributed by atoms with E-state index in [1.54, 1.807) is 16.8 Å². The molecule has 1 aromatic carbocycles. The third-order valence-corrected chi connectivity index (χ3v) is 5.26. The lowest BCUT2D eigenvalue weighted by molar-refractivity contribution is -0.125. The van der Waals surface area contributed by atoms with Gasteiger partial charge in [0.15, 0.2) is 0 Å². The van der Waals surface area contributed by atoms with Crippen molar-refractivity contribution in [3.05, 3.63) is 41.6 Å². The largest absolute Gasteiger partial charge is 0.508 e. The molecule has 1 aromatic heterocycles. The number of anilines is 1. The molecule has 2 atom stereocenters. The van der Waals surface area contributed by atoms with Gasteiger partial charge in [-0.1, -0.05) is 43.8 Å². The summed E-state index contributed by atoms with van der Waals surface area (Å²) in [6.45, 7) is 4.13. The minimum Gasteiger partial charge on any atom is -0.508 e. The number of fused-ring (bicyclic) bond motifs is 2. The van der Waals surface area contributed by atoms with E-state index in [0.717, 1.165) is 11.3 Å². The van der Waals surface area contributed by atoms with E-state index in [9.17, 15) is 9.90 Å². The molecular formula is C18H20N4O2S. The van der Waals surface area contributed by atoms with Gasteiger partial charge in [0.25, 0.3) is 0 Å². The first-order valence-corrected chi connectivity index (χ1v) is 9.42.